The van der Waals surface area contributed by atoms with Gasteiger partial charge in [-0.1, -0.05) is 18.2 Å². The SMILES string of the molecule is C=Nc1cc(-c2ncc(C(=O)OC)cc2OC)oc1C(=C)Cl. The molecule has 0 saturated carbocycles. The van der Waals surface area contributed by atoms with E-state index in [1.807, 2.05) is 0 Å². The second-order valence-corrected chi connectivity index (χ2v) is 4.61. The summed E-state index contributed by atoms with van der Waals surface area (Å²) in [5.41, 5.74) is 1.10. The Balaban J connectivity index is 2.55. The number of rotatable bonds is 5. The van der Waals surface area contributed by atoms with Gasteiger partial charge in [0.2, 0.25) is 0 Å². The van der Waals surface area contributed by atoms with Crippen molar-refractivity contribution in [1.29, 1.82) is 0 Å². The maximum atomic E-state index is 11.5. The highest BCUT2D eigenvalue weighted by Gasteiger charge is 2.19. The summed E-state index contributed by atoms with van der Waals surface area (Å²) in [6, 6.07) is 3.12. The fourth-order valence-electron chi connectivity index (χ4n) is 1.82. The highest BCUT2D eigenvalue weighted by atomic mass is 35.5. The summed E-state index contributed by atoms with van der Waals surface area (Å²) in [4.78, 5) is 19.5. The molecule has 0 bridgehead atoms. The van der Waals surface area contributed by atoms with E-state index in [1.54, 1.807) is 6.07 Å². The summed E-state index contributed by atoms with van der Waals surface area (Å²) in [6.07, 6.45) is 1.36. The molecule has 0 aromatic carbocycles. The highest BCUT2D eigenvalue weighted by Crippen LogP contribution is 2.38. The van der Waals surface area contributed by atoms with Gasteiger partial charge in [0.1, 0.15) is 17.1 Å². The second kappa shape index (κ2) is 6.44. The molecule has 2 aromatic rings. The van der Waals surface area contributed by atoms with E-state index in [2.05, 4.69) is 28.0 Å². The molecule has 0 amide bonds. The first-order valence-corrected chi connectivity index (χ1v) is 6.47. The van der Waals surface area contributed by atoms with Gasteiger partial charge >= 0.3 is 5.97 Å². The van der Waals surface area contributed by atoms with E-state index in [0.29, 0.717) is 28.7 Å². The zero-order chi connectivity index (χ0) is 16.3. The van der Waals surface area contributed by atoms with E-state index >= 15 is 0 Å². The van der Waals surface area contributed by atoms with E-state index in [1.165, 1.54) is 26.5 Å². The Bertz CT molecular complexity index is 752. The number of ether oxygens (including phenoxy) is 2. The van der Waals surface area contributed by atoms with Crippen molar-refractivity contribution >= 4 is 35.0 Å². The van der Waals surface area contributed by atoms with Gasteiger partial charge < -0.3 is 13.9 Å². The van der Waals surface area contributed by atoms with Crippen LogP contribution in [-0.4, -0.2) is 31.9 Å². The highest BCUT2D eigenvalue weighted by molar-refractivity contribution is 6.48. The molecule has 114 valence electrons. The molecule has 0 spiro atoms. The van der Waals surface area contributed by atoms with Crippen molar-refractivity contribution in [3.63, 3.8) is 0 Å². The number of nitrogens with zero attached hydrogens (tertiary/aromatic N) is 2. The Morgan fingerprint density at radius 1 is 1.41 bits per heavy atom. The van der Waals surface area contributed by atoms with Gasteiger partial charge in [-0.05, 0) is 12.8 Å². The van der Waals surface area contributed by atoms with Crippen molar-refractivity contribution in [3.05, 3.63) is 36.2 Å². The Labute approximate surface area is 132 Å². The van der Waals surface area contributed by atoms with Crippen molar-refractivity contribution in [1.82, 2.24) is 4.98 Å². The molecule has 0 atom stereocenters. The summed E-state index contributed by atoms with van der Waals surface area (Å²) < 4.78 is 15.5. The zero-order valence-corrected chi connectivity index (χ0v) is 12.8. The second-order valence-electron chi connectivity index (χ2n) is 4.15. The monoisotopic (exact) mass is 320 g/mol. The molecule has 0 radical (unpaired) electrons. The van der Waals surface area contributed by atoms with Gasteiger partial charge in [-0.25, -0.2) is 9.78 Å². The number of aliphatic imine (C=N–C) groups is 1. The van der Waals surface area contributed by atoms with Crippen LogP contribution in [0.4, 0.5) is 5.69 Å². The first kappa shape index (κ1) is 15.8. The van der Waals surface area contributed by atoms with Crippen molar-refractivity contribution in [2.24, 2.45) is 4.99 Å². The average Bonchev–Trinajstić information content (AvgIpc) is 2.97. The molecule has 6 nitrogen and oxygen atoms in total. The van der Waals surface area contributed by atoms with Crippen LogP contribution in [0.1, 0.15) is 16.1 Å². The number of aromatic nitrogens is 1. The standard InChI is InChI=1S/C15H13ClN2O4/c1-8(16)14-10(17-2)6-12(22-14)13-11(20-3)5-9(7-18-13)15(19)21-4/h5-7H,1-2H2,3-4H3. The minimum Gasteiger partial charge on any atom is -0.494 e. The molecule has 0 aliphatic carbocycles. The van der Waals surface area contributed by atoms with E-state index in [4.69, 9.17) is 20.8 Å². The zero-order valence-electron chi connectivity index (χ0n) is 12.1. The minimum absolute atomic E-state index is 0.193. The van der Waals surface area contributed by atoms with Crippen molar-refractivity contribution in [2.45, 2.75) is 0 Å². The number of hydrogen-bond acceptors (Lipinski definition) is 6. The lowest BCUT2D eigenvalue weighted by Crippen LogP contribution is -2.03. The fourth-order valence-corrected chi connectivity index (χ4v) is 1.96. The van der Waals surface area contributed by atoms with Crippen molar-refractivity contribution in [2.75, 3.05) is 14.2 Å². The summed E-state index contributed by atoms with van der Waals surface area (Å²) in [5.74, 6) is 0.499. The third kappa shape index (κ3) is 2.87. The van der Waals surface area contributed by atoms with Gasteiger partial charge in [0.05, 0.1) is 24.8 Å². The van der Waals surface area contributed by atoms with Crippen LogP contribution in [0, 0.1) is 0 Å². The number of methoxy groups -OCH3 is 2. The Morgan fingerprint density at radius 2 is 2.14 bits per heavy atom. The van der Waals surface area contributed by atoms with E-state index in [-0.39, 0.29) is 10.6 Å². The van der Waals surface area contributed by atoms with Crippen molar-refractivity contribution in [3.8, 4) is 17.2 Å². The molecule has 2 heterocycles. The fraction of sp³-hybridized carbons (Fsp3) is 0.133. The van der Waals surface area contributed by atoms with Gasteiger partial charge in [0.15, 0.2) is 11.5 Å². The smallest absolute Gasteiger partial charge is 0.339 e. The van der Waals surface area contributed by atoms with Gasteiger partial charge in [0.25, 0.3) is 0 Å². The molecule has 0 aliphatic rings. The van der Waals surface area contributed by atoms with Crippen molar-refractivity contribution < 1.29 is 18.7 Å². The third-order valence-corrected chi connectivity index (χ3v) is 3.03. The van der Waals surface area contributed by atoms with Crippen LogP contribution in [-0.2, 0) is 4.74 Å². The molecular weight excluding hydrogens is 308 g/mol. The third-order valence-electron chi connectivity index (χ3n) is 2.86. The Morgan fingerprint density at radius 3 is 2.64 bits per heavy atom. The van der Waals surface area contributed by atoms with Gasteiger partial charge in [-0.2, -0.15) is 0 Å². The van der Waals surface area contributed by atoms with Gasteiger partial charge in [-0.15, -0.1) is 0 Å². The molecule has 0 unspecified atom stereocenters. The van der Waals surface area contributed by atoms with E-state index < -0.39 is 5.97 Å². The quantitative estimate of drug-likeness (QED) is 0.620. The van der Waals surface area contributed by atoms with Crippen LogP contribution in [0.15, 0.2) is 34.3 Å². The van der Waals surface area contributed by atoms with E-state index in [0.717, 1.165) is 0 Å². The van der Waals surface area contributed by atoms with Crippen LogP contribution in [0.3, 0.4) is 0 Å². The van der Waals surface area contributed by atoms with Gasteiger partial charge in [0, 0.05) is 12.3 Å². The molecule has 0 aliphatic heterocycles. The predicted octanol–water partition coefficient (Wildman–Crippen LogP) is 3.68. The maximum Gasteiger partial charge on any atom is 0.339 e. The lowest BCUT2D eigenvalue weighted by atomic mass is 10.2. The molecule has 2 aromatic heterocycles. The van der Waals surface area contributed by atoms with Crippen LogP contribution in [0.25, 0.3) is 16.5 Å². The van der Waals surface area contributed by atoms with Crippen LogP contribution >= 0.6 is 11.6 Å². The van der Waals surface area contributed by atoms with Gasteiger partial charge in [-0.3, -0.25) is 4.99 Å². The summed E-state index contributed by atoms with van der Waals surface area (Å²) >= 11 is 5.86. The Hall–Kier alpha value is -2.60. The number of halogens is 1. The minimum atomic E-state index is -0.514. The molecular formula is C15H13ClN2O4. The Kier molecular flexibility index (Phi) is 4.62. The summed E-state index contributed by atoms with van der Waals surface area (Å²) in [5, 5.41) is 0.193. The number of pyridine rings is 1. The maximum absolute atomic E-state index is 11.5. The number of esters is 1. The first-order valence-electron chi connectivity index (χ1n) is 6.09. The normalized spacial score (nSPS) is 10.1. The van der Waals surface area contributed by atoms with Crippen LogP contribution in [0.5, 0.6) is 5.75 Å². The first-order chi connectivity index (χ1) is 10.5. The molecule has 0 fully saturated rings. The largest absolute Gasteiger partial charge is 0.494 e. The summed E-state index contributed by atoms with van der Waals surface area (Å²) in [7, 11) is 2.74. The lowest BCUT2D eigenvalue weighted by Gasteiger charge is -2.07. The molecule has 0 N–H and O–H groups in total. The molecule has 0 saturated heterocycles. The number of carbonyl (C=O) groups excluding carboxylic acids is 1. The summed E-state index contributed by atoms with van der Waals surface area (Å²) in [6.45, 7) is 7.05. The topological polar surface area (TPSA) is 73.9 Å². The molecule has 2 rings (SSSR count). The molecule has 22 heavy (non-hydrogen) atoms. The van der Waals surface area contributed by atoms with Crippen LogP contribution < -0.4 is 4.74 Å². The number of furan rings is 1. The molecule has 7 heteroatoms. The average molecular weight is 321 g/mol. The predicted molar refractivity (Wildman–Crippen MR) is 83.9 cm³/mol. The van der Waals surface area contributed by atoms with E-state index in [9.17, 15) is 4.79 Å². The number of carbonyl (C=O) groups is 1. The number of hydrogen-bond donors (Lipinski definition) is 0. The van der Waals surface area contributed by atoms with Crippen LogP contribution in [0.2, 0.25) is 0 Å². The lowest BCUT2D eigenvalue weighted by molar-refractivity contribution is 0.0600.